The van der Waals surface area contributed by atoms with E-state index in [-0.39, 0.29) is 54.6 Å². The second-order valence-corrected chi connectivity index (χ2v) is 11.0. The Hall–Kier alpha value is -3.14. The van der Waals surface area contributed by atoms with Crippen molar-refractivity contribution < 1.29 is 43.2 Å². The Bertz CT molecular complexity index is 993. The first-order chi connectivity index (χ1) is 18.7. The summed E-state index contributed by atoms with van der Waals surface area (Å²) in [6.45, 7) is 14.9. The Kier molecular flexibility index (Phi) is 14.7. The lowest BCUT2D eigenvalue weighted by molar-refractivity contribution is -0.139. The fourth-order valence-electron chi connectivity index (χ4n) is 3.65. The summed E-state index contributed by atoms with van der Waals surface area (Å²) in [5, 5.41) is 9.70. The van der Waals surface area contributed by atoms with Crippen molar-refractivity contribution in [1.82, 2.24) is 0 Å². The lowest BCUT2D eigenvalue weighted by atomic mass is 9.87. The van der Waals surface area contributed by atoms with Crippen LogP contribution >= 0.6 is 0 Å². The van der Waals surface area contributed by atoms with E-state index in [1.54, 1.807) is 19.9 Å². The molecule has 0 aliphatic carbocycles. The Morgan fingerprint density at radius 2 is 1.35 bits per heavy atom. The van der Waals surface area contributed by atoms with E-state index in [9.17, 15) is 24.3 Å². The molecule has 0 saturated heterocycles. The van der Waals surface area contributed by atoms with Crippen LogP contribution in [0.3, 0.4) is 0 Å². The highest BCUT2D eigenvalue weighted by Crippen LogP contribution is 2.35. The predicted molar refractivity (Wildman–Crippen MR) is 150 cm³/mol. The van der Waals surface area contributed by atoms with Crippen molar-refractivity contribution in [2.24, 2.45) is 23.5 Å². The molecule has 0 spiro atoms. The topological polar surface area (TPSA) is 151 Å². The first kappa shape index (κ1) is 34.9. The van der Waals surface area contributed by atoms with Crippen LogP contribution in [0.1, 0.15) is 99.0 Å². The number of hydrogen-bond acceptors (Lipinski definition) is 9. The van der Waals surface area contributed by atoms with E-state index >= 15 is 0 Å². The van der Waals surface area contributed by atoms with Crippen molar-refractivity contribution in [1.29, 1.82) is 0 Å². The summed E-state index contributed by atoms with van der Waals surface area (Å²) in [6.07, 6.45) is -0.00837. The maximum absolute atomic E-state index is 12.6. The molecule has 0 saturated carbocycles. The molecular formula is C30H47NO9. The average molecular weight is 566 g/mol. The van der Waals surface area contributed by atoms with Crippen molar-refractivity contribution in [3.63, 3.8) is 0 Å². The van der Waals surface area contributed by atoms with Crippen LogP contribution in [-0.4, -0.2) is 47.4 Å². The van der Waals surface area contributed by atoms with E-state index in [0.717, 1.165) is 12.8 Å². The van der Waals surface area contributed by atoms with Gasteiger partial charge in [-0.15, -0.1) is 0 Å². The first-order valence-corrected chi connectivity index (χ1v) is 14.1. The third-order valence-electron chi connectivity index (χ3n) is 7.09. The Morgan fingerprint density at radius 3 is 1.82 bits per heavy atom. The molecule has 10 nitrogen and oxygen atoms in total. The van der Waals surface area contributed by atoms with Gasteiger partial charge in [0.05, 0.1) is 0 Å². The van der Waals surface area contributed by atoms with Gasteiger partial charge in [-0.1, -0.05) is 60.5 Å². The Balaban J connectivity index is 3.31. The lowest BCUT2D eigenvalue weighted by Gasteiger charge is -2.26. The highest BCUT2D eigenvalue weighted by Gasteiger charge is 2.31. The predicted octanol–water partition coefficient (Wildman–Crippen LogP) is 5.84. The zero-order valence-electron chi connectivity index (χ0n) is 25.1. The average Bonchev–Trinajstić information content (AvgIpc) is 2.87. The molecule has 10 heteroatoms. The molecule has 1 aromatic carbocycles. The Morgan fingerprint density at radius 1 is 0.825 bits per heavy atom. The van der Waals surface area contributed by atoms with E-state index < -0.39 is 42.1 Å². The number of benzene rings is 1. The molecule has 0 amide bonds. The fraction of sp³-hybridized carbons (Fsp3) is 0.667. The normalized spacial score (nSPS) is 15.8. The number of rotatable bonds is 16. The minimum absolute atomic E-state index is 0.00960. The second-order valence-electron chi connectivity index (χ2n) is 11.0. The monoisotopic (exact) mass is 565 g/mol. The van der Waals surface area contributed by atoms with E-state index in [4.69, 9.17) is 24.7 Å². The quantitative estimate of drug-likeness (QED) is 0.185. The maximum atomic E-state index is 12.6. The summed E-state index contributed by atoms with van der Waals surface area (Å²) < 4.78 is 21.8. The van der Waals surface area contributed by atoms with E-state index in [1.165, 1.54) is 12.1 Å². The SMILES string of the molecule is CCC(C)CC(=O)Oc1ccc(C(CC(C)OC(=O)OC(C)C(C)C)[C@H](N)C(=O)O)cc1OC(=O)CC(C)CC. The van der Waals surface area contributed by atoms with Crippen molar-refractivity contribution in [2.45, 2.75) is 112 Å². The highest BCUT2D eigenvalue weighted by molar-refractivity contribution is 5.77. The van der Waals surface area contributed by atoms with Crippen LogP contribution in [0.4, 0.5) is 4.79 Å². The van der Waals surface area contributed by atoms with E-state index in [0.29, 0.717) is 5.56 Å². The van der Waals surface area contributed by atoms with Crippen molar-refractivity contribution in [3.05, 3.63) is 23.8 Å². The smallest absolute Gasteiger partial charge is 0.480 e. The number of carboxylic acid groups (broad SMARTS) is 1. The molecule has 40 heavy (non-hydrogen) atoms. The summed E-state index contributed by atoms with van der Waals surface area (Å²) in [5.74, 6) is -2.76. The molecular weight excluding hydrogens is 518 g/mol. The summed E-state index contributed by atoms with van der Waals surface area (Å²) in [7, 11) is 0. The second kappa shape index (κ2) is 16.8. The number of hydrogen-bond donors (Lipinski definition) is 2. The minimum Gasteiger partial charge on any atom is -0.480 e. The summed E-state index contributed by atoms with van der Waals surface area (Å²) in [4.78, 5) is 49.3. The van der Waals surface area contributed by atoms with Gasteiger partial charge in [0.2, 0.25) is 0 Å². The van der Waals surface area contributed by atoms with Gasteiger partial charge in [-0.05, 0) is 55.7 Å². The summed E-state index contributed by atoms with van der Waals surface area (Å²) >= 11 is 0. The van der Waals surface area contributed by atoms with E-state index in [1.807, 2.05) is 41.5 Å². The number of nitrogens with two attached hydrogens (primary N) is 1. The van der Waals surface area contributed by atoms with E-state index in [2.05, 4.69) is 0 Å². The third kappa shape index (κ3) is 11.9. The highest BCUT2D eigenvalue weighted by atomic mass is 16.7. The van der Waals surface area contributed by atoms with Gasteiger partial charge < -0.3 is 29.8 Å². The van der Waals surface area contributed by atoms with Crippen LogP contribution in [0.5, 0.6) is 11.5 Å². The molecule has 6 atom stereocenters. The minimum atomic E-state index is -1.36. The van der Waals surface area contributed by atoms with Gasteiger partial charge >= 0.3 is 24.1 Å². The molecule has 0 aliphatic heterocycles. The van der Waals surface area contributed by atoms with Crippen LogP contribution in [-0.2, 0) is 23.9 Å². The number of carbonyl (C=O) groups is 4. The molecule has 0 fully saturated rings. The van der Waals surface area contributed by atoms with Crippen molar-refractivity contribution in [3.8, 4) is 11.5 Å². The third-order valence-corrected chi connectivity index (χ3v) is 7.09. The molecule has 1 aromatic rings. The molecule has 226 valence electrons. The summed E-state index contributed by atoms with van der Waals surface area (Å²) in [6, 6.07) is 3.12. The lowest BCUT2D eigenvalue weighted by Crippen LogP contribution is -2.38. The van der Waals surface area contributed by atoms with Crippen LogP contribution in [0.2, 0.25) is 0 Å². The van der Waals surface area contributed by atoms with Crippen LogP contribution in [0.15, 0.2) is 18.2 Å². The first-order valence-electron chi connectivity index (χ1n) is 14.1. The molecule has 0 bridgehead atoms. The van der Waals surface area contributed by atoms with Crippen molar-refractivity contribution >= 4 is 24.1 Å². The Labute approximate surface area is 237 Å². The molecule has 3 N–H and O–H groups in total. The maximum Gasteiger partial charge on any atom is 0.508 e. The number of esters is 2. The van der Waals surface area contributed by atoms with Crippen LogP contribution in [0.25, 0.3) is 0 Å². The van der Waals surface area contributed by atoms with Gasteiger partial charge in [0.15, 0.2) is 11.5 Å². The zero-order valence-corrected chi connectivity index (χ0v) is 25.1. The summed E-state index contributed by atoms with van der Waals surface area (Å²) in [5.41, 5.74) is 6.47. The van der Waals surface area contributed by atoms with Gasteiger partial charge in [-0.25, -0.2) is 4.79 Å². The van der Waals surface area contributed by atoms with Crippen LogP contribution in [0, 0.1) is 17.8 Å². The molecule has 5 unspecified atom stereocenters. The molecule has 0 aliphatic rings. The number of carboxylic acids is 1. The molecule has 0 radical (unpaired) electrons. The van der Waals surface area contributed by atoms with Gasteiger partial charge in [0, 0.05) is 18.8 Å². The number of ether oxygens (including phenoxy) is 4. The van der Waals surface area contributed by atoms with Crippen molar-refractivity contribution in [2.75, 3.05) is 0 Å². The van der Waals surface area contributed by atoms with Crippen LogP contribution < -0.4 is 15.2 Å². The zero-order chi connectivity index (χ0) is 30.6. The molecule has 0 heterocycles. The largest absolute Gasteiger partial charge is 0.508 e. The molecule has 1 rings (SSSR count). The number of carbonyl (C=O) groups excluding carboxylic acids is 3. The fourth-order valence-corrected chi connectivity index (χ4v) is 3.65. The van der Waals surface area contributed by atoms with Gasteiger partial charge in [0.1, 0.15) is 18.2 Å². The standard InChI is InChI=1S/C30H47NO9/c1-9-18(5)13-26(32)39-24-12-11-22(16-25(24)40-27(33)14-19(6)10-2)23(28(31)29(34)35)15-20(7)37-30(36)38-21(8)17(3)4/h11-12,16-21,23,28H,9-10,13-15,31H2,1-8H3,(H,34,35)/t18?,19?,20?,21?,23?,28-/m0/s1. The molecule has 0 aromatic heterocycles. The number of aliphatic carboxylic acids is 1. The van der Waals surface area contributed by atoms with Gasteiger partial charge in [-0.3, -0.25) is 14.4 Å². The van der Waals surface area contributed by atoms with Gasteiger partial charge in [0.25, 0.3) is 0 Å². The van der Waals surface area contributed by atoms with Gasteiger partial charge in [-0.2, -0.15) is 0 Å².